The molecule has 2 aliphatic rings. The SMILES string of the molecule is C=CC1CC1(NC(=O)C1CC(Oc2cc(-c3ccccc3)nc3cc(OC)ccc23)CN1C(=O)CC(C)(C)C)C(=O)NS(=O)(=O)c1ccc(C)cn1. The average molecular weight is 726 g/mol. The van der Waals surface area contributed by atoms with Crippen molar-refractivity contribution >= 4 is 38.6 Å². The number of carbonyl (C=O) groups excluding carboxylic acids is 3. The van der Waals surface area contributed by atoms with Crippen LogP contribution in [0, 0.1) is 18.3 Å². The Labute approximate surface area is 303 Å². The molecule has 12 nitrogen and oxygen atoms in total. The number of aryl methyl sites for hydroxylation is 1. The van der Waals surface area contributed by atoms with Gasteiger partial charge in [0.1, 0.15) is 29.2 Å². The summed E-state index contributed by atoms with van der Waals surface area (Å²) < 4.78 is 40.4. The van der Waals surface area contributed by atoms with Crippen molar-refractivity contribution in [3.8, 4) is 22.8 Å². The Kier molecular flexibility index (Phi) is 9.84. The number of methoxy groups -OCH3 is 1. The minimum Gasteiger partial charge on any atom is -0.497 e. The monoisotopic (exact) mass is 725 g/mol. The van der Waals surface area contributed by atoms with Gasteiger partial charge in [-0.3, -0.25) is 14.4 Å². The van der Waals surface area contributed by atoms with Gasteiger partial charge in [0.05, 0.1) is 24.9 Å². The largest absolute Gasteiger partial charge is 0.497 e. The number of nitrogens with one attached hydrogen (secondary N) is 2. The molecule has 0 bridgehead atoms. The van der Waals surface area contributed by atoms with Crippen molar-refractivity contribution in [3.05, 3.63) is 91.1 Å². The molecular weight excluding hydrogens is 683 g/mol. The number of nitrogens with zero attached hydrogens (tertiary/aromatic N) is 3. The molecule has 1 saturated heterocycles. The van der Waals surface area contributed by atoms with Crippen molar-refractivity contribution in [1.29, 1.82) is 0 Å². The molecule has 4 atom stereocenters. The van der Waals surface area contributed by atoms with Crippen molar-refractivity contribution in [2.45, 2.75) is 69.7 Å². The molecule has 1 aliphatic carbocycles. The molecule has 4 aromatic rings. The van der Waals surface area contributed by atoms with E-state index in [1.807, 2.05) is 75.4 Å². The number of aromatic nitrogens is 2. The second-order valence-electron chi connectivity index (χ2n) is 14.6. The van der Waals surface area contributed by atoms with Gasteiger partial charge in [-0.1, -0.05) is 63.2 Å². The lowest BCUT2D eigenvalue weighted by molar-refractivity contribution is -0.141. The maximum absolute atomic E-state index is 14.2. The standard InChI is InChI=1S/C39H43N5O7S/c1-7-26-20-39(26,37(47)43-52(48,49)34-16-13-24(2)22-40-34)42-36(46)32-18-28(23-44(32)35(45)21-38(3,4)5)51-33-19-30(25-11-9-8-10-12-25)41-31-17-27(50-6)14-15-29(31)33/h7-17,19,22,26,28,32H,1,18,20-21,23H2,2-6H3,(H,42,46)(H,43,47). The lowest BCUT2D eigenvalue weighted by Gasteiger charge is -2.28. The highest BCUT2D eigenvalue weighted by Gasteiger charge is 2.61. The minimum atomic E-state index is -4.33. The molecule has 3 heterocycles. The van der Waals surface area contributed by atoms with Crippen LogP contribution in [0.5, 0.6) is 11.5 Å². The fourth-order valence-corrected chi connectivity index (χ4v) is 7.48. The molecule has 0 radical (unpaired) electrons. The summed E-state index contributed by atoms with van der Waals surface area (Å²) in [6.07, 6.45) is 2.74. The third-order valence-electron chi connectivity index (χ3n) is 9.35. The van der Waals surface area contributed by atoms with Crippen molar-refractivity contribution < 1.29 is 32.3 Å². The number of sulfonamides is 1. The summed E-state index contributed by atoms with van der Waals surface area (Å²) in [5, 5.41) is 3.22. The molecule has 2 aromatic carbocycles. The quantitative estimate of drug-likeness (QED) is 0.204. The van der Waals surface area contributed by atoms with Crippen molar-refractivity contribution in [2.24, 2.45) is 11.3 Å². The second-order valence-corrected chi connectivity index (χ2v) is 16.3. The van der Waals surface area contributed by atoms with Crippen LogP contribution in [0.3, 0.4) is 0 Å². The second kappa shape index (κ2) is 14.0. The zero-order valence-electron chi connectivity index (χ0n) is 29.9. The third-order valence-corrected chi connectivity index (χ3v) is 10.6. The van der Waals surface area contributed by atoms with Gasteiger partial charge in [-0.05, 0) is 42.5 Å². The van der Waals surface area contributed by atoms with E-state index in [1.165, 1.54) is 23.2 Å². The molecule has 13 heteroatoms. The lowest BCUT2D eigenvalue weighted by atomic mass is 9.91. The van der Waals surface area contributed by atoms with Gasteiger partial charge in [-0.2, -0.15) is 8.42 Å². The fraction of sp³-hybridized carbons (Fsp3) is 0.359. The Morgan fingerprint density at radius 2 is 1.83 bits per heavy atom. The van der Waals surface area contributed by atoms with Gasteiger partial charge < -0.3 is 19.7 Å². The van der Waals surface area contributed by atoms with Gasteiger partial charge in [0.15, 0.2) is 5.03 Å². The summed E-state index contributed by atoms with van der Waals surface area (Å²) in [5.41, 5.74) is 1.02. The van der Waals surface area contributed by atoms with Crippen LogP contribution in [0.4, 0.5) is 0 Å². The Hall–Kier alpha value is -5.30. The molecule has 3 amide bonds. The van der Waals surface area contributed by atoms with Crippen molar-refractivity contribution in [3.63, 3.8) is 0 Å². The first-order valence-corrected chi connectivity index (χ1v) is 18.6. The van der Waals surface area contributed by atoms with Crippen molar-refractivity contribution in [2.75, 3.05) is 13.7 Å². The first kappa shape index (κ1) is 36.5. The first-order chi connectivity index (χ1) is 24.6. The first-order valence-electron chi connectivity index (χ1n) is 17.1. The van der Waals surface area contributed by atoms with Gasteiger partial charge in [0, 0.05) is 48.0 Å². The minimum absolute atomic E-state index is 0.116. The van der Waals surface area contributed by atoms with Crippen LogP contribution in [-0.4, -0.2) is 72.3 Å². The molecule has 272 valence electrons. The number of pyridine rings is 2. The zero-order valence-corrected chi connectivity index (χ0v) is 30.7. The smallest absolute Gasteiger partial charge is 0.281 e. The number of benzene rings is 2. The van der Waals surface area contributed by atoms with E-state index in [-0.39, 0.29) is 42.2 Å². The molecular formula is C39H43N5O7S. The van der Waals surface area contributed by atoms with E-state index in [1.54, 1.807) is 20.1 Å². The number of hydrogen-bond donors (Lipinski definition) is 2. The van der Waals surface area contributed by atoms with Crippen LogP contribution >= 0.6 is 0 Å². The van der Waals surface area contributed by atoms with E-state index >= 15 is 0 Å². The van der Waals surface area contributed by atoms with Crippen LogP contribution in [0.2, 0.25) is 0 Å². The fourth-order valence-electron chi connectivity index (χ4n) is 6.52. The molecule has 52 heavy (non-hydrogen) atoms. The summed E-state index contributed by atoms with van der Waals surface area (Å²) in [4.78, 5) is 51.9. The summed E-state index contributed by atoms with van der Waals surface area (Å²) >= 11 is 0. The molecule has 2 fully saturated rings. The van der Waals surface area contributed by atoms with Crippen LogP contribution in [0.1, 0.15) is 45.6 Å². The summed E-state index contributed by atoms with van der Waals surface area (Å²) in [7, 11) is -2.75. The number of ether oxygens (including phenoxy) is 2. The van der Waals surface area contributed by atoms with E-state index < -0.39 is 45.4 Å². The highest BCUT2D eigenvalue weighted by atomic mass is 32.2. The number of hydrogen-bond acceptors (Lipinski definition) is 9. The molecule has 1 saturated carbocycles. The predicted molar refractivity (Wildman–Crippen MR) is 196 cm³/mol. The van der Waals surface area contributed by atoms with Crippen LogP contribution in [-0.2, 0) is 24.4 Å². The number of rotatable bonds is 11. The Balaban J connectivity index is 1.28. The molecule has 4 unspecified atom stereocenters. The maximum atomic E-state index is 14.2. The summed E-state index contributed by atoms with van der Waals surface area (Å²) in [5.74, 6) is -1.10. The Bertz CT molecular complexity index is 2130. The normalized spacial score (nSPS) is 21.3. The number of fused-ring (bicyclic) bond motifs is 1. The van der Waals surface area contributed by atoms with E-state index in [2.05, 4.69) is 21.6 Å². The lowest BCUT2D eigenvalue weighted by Crippen LogP contribution is -2.56. The number of amides is 3. The van der Waals surface area contributed by atoms with Crippen LogP contribution < -0.4 is 19.5 Å². The van der Waals surface area contributed by atoms with Gasteiger partial charge in [-0.15, -0.1) is 6.58 Å². The topological polar surface area (TPSA) is 157 Å². The molecule has 1 aliphatic heterocycles. The summed E-state index contributed by atoms with van der Waals surface area (Å²) in [6, 6.07) is 18.9. The maximum Gasteiger partial charge on any atom is 0.281 e. The van der Waals surface area contributed by atoms with E-state index in [0.29, 0.717) is 22.7 Å². The molecule has 0 spiro atoms. The molecule has 2 N–H and O–H groups in total. The Morgan fingerprint density at radius 3 is 2.46 bits per heavy atom. The average Bonchev–Trinajstić information content (AvgIpc) is 3.66. The van der Waals surface area contributed by atoms with E-state index in [0.717, 1.165) is 16.5 Å². The molecule has 2 aromatic heterocycles. The van der Waals surface area contributed by atoms with Crippen LogP contribution in [0.25, 0.3) is 22.2 Å². The Morgan fingerprint density at radius 1 is 1.08 bits per heavy atom. The van der Waals surface area contributed by atoms with E-state index in [4.69, 9.17) is 14.5 Å². The number of carbonyl (C=O) groups is 3. The number of likely N-dealkylation sites (tertiary alicyclic amines) is 1. The van der Waals surface area contributed by atoms with E-state index in [9.17, 15) is 22.8 Å². The van der Waals surface area contributed by atoms with Crippen molar-refractivity contribution in [1.82, 2.24) is 24.9 Å². The van der Waals surface area contributed by atoms with Gasteiger partial charge in [-0.25, -0.2) is 14.7 Å². The third kappa shape index (κ3) is 7.64. The van der Waals surface area contributed by atoms with Gasteiger partial charge in [0.2, 0.25) is 11.8 Å². The summed E-state index contributed by atoms with van der Waals surface area (Å²) in [6.45, 7) is 11.5. The highest BCUT2D eigenvalue weighted by Crippen LogP contribution is 2.45. The van der Waals surface area contributed by atoms with Gasteiger partial charge >= 0.3 is 0 Å². The zero-order chi connectivity index (χ0) is 37.4. The van der Waals surface area contributed by atoms with Gasteiger partial charge in [0.25, 0.3) is 15.9 Å². The molecule has 6 rings (SSSR count). The predicted octanol–water partition coefficient (Wildman–Crippen LogP) is 4.96. The van der Waals surface area contributed by atoms with Crippen LogP contribution in [0.15, 0.2) is 90.6 Å². The highest BCUT2D eigenvalue weighted by molar-refractivity contribution is 7.90.